The van der Waals surface area contributed by atoms with Crippen LogP contribution in [0.2, 0.25) is 5.02 Å². The van der Waals surface area contributed by atoms with Crippen LogP contribution in [0, 0.1) is 5.41 Å². The lowest BCUT2D eigenvalue weighted by atomic mass is 9.76. The zero-order chi connectivity index (χ0) is 14.3. The predicted octanol–water partition coefficient (Wildman–Crippen LogP) is 3.14. The molecule has 1 aromatic carbocycles. The molecule has 2 aliphatic rings. The number of hydrogen-bond donors (Lipinski definition) is 1. The first kappa shape index (κ1) is 13.4. The van der Waals surface area contributed by atoms with Gasteiger partial charge in [-0.2, -0.15) is 0 Å². The van der Waals surface area contributed by atoms with Crippen molar-refractivity contribution in [3.8, 4) is 0 Å². The molecule has 0 atom stereocenters. The van der Waals surface area contributed by atoms with Gasteiger partial charge in [0, 0.05) is 18.5 Å². The van der Waals surface area contributed by atoms with Gasteiger partial charge >= 0.3 is 0 Å². The molecule has 1 saturated carbocycles. The van der Waals surface area contributed by atoms with Crippen LogP contribution >= 0.6 is 11.6 Å². The molecule has 106 valence electrons. The van der Waals surface area contributed by atoms with Crippen molar-refractivity contribution in [1.82, 2.24) is 0 Å². The summed E-state index contributed by atoms with van der Waals surface area (Å²) in [5.41, 5.74) is 6.52. The number of rotatable bonds is 1. The minimum Gasteiger partial charge on any atom is -0.399 e. The first-order valence-electron chi connectivity index (χ1n) is 6.92. The van der Waals surface area contributed by atoms with Crippen molar-refractivity contribution in [3.05, 3.63) is 23.2 Å². The maximum atomic E-state index is 12.4. The van der Waals surface area contributed by atoms with Gasteiger partial charge in [0.05, 0.1) is 10.7 Å². The van der Waals surface area contributed by atoms with Crippen molar-refractivity contribution >= 4 is 34.8 Å². The number of nitrogens with two attached hydrogens (primary N) is 1. The highest BCUT2D eigenvalue weighted by Gasteiger charge is 2.45. The molecule has 1 aliphatic carbocycles. The zero-order valence-corrected chi connectivity index (χ0v) is 11.9. The number of nitrogens with zero attached hydrogens (tertiary/aromatic N) is 1. The van der Waals surface area contributed by atoms with E-state index in [1.165, 1.54) is 4.90 Å². The molecule has 0 bridgehead atoms. The van der Waals surface area contributed by atoms with Crippen LogP contribution in [0.3, 0.4) is 0 Å². The van der Waals surface area contributed by atoms with E-state index in [9.17, 15) is 9.59 Å². The number of halogens is 1. The zero-order valence-electron chi connectivity index (χ0n) is 11.2. The lowest BCUT2D eigenvalue weighted by Crippen LogP contribution is -2.47. The molecule has 1 heterocycles. The molecule has 4 nitrogen and oxygen atoms in total. The molecule has 20 heavy (non-hydrogen) atoms. The highest BCUT2D eigenvalue weighted by atomic mass is 35.5. The van der Waals surface area contributed by atoms with E-state index in [2.05, 4.69) is 0 Å². The minimum absolute atomic E-state index is 0.0923. The van der Waals surface area contributed by atoms with Crippen molar-refractivity contribution < 1.29 is 9.59 Å². The summed E-state index contributed by atoms with van der Waals surface area (Å²) in [6, 6.07) is 4.86. The summed E-state index contributed by atoms with van der Waals surface area (Å²) in [7, 11) is 0. The van der Waals surface area contributed by atoms with E-state index in [4.69, 9.17) is 17.3 Å². The van der Waals surface area contributed by atoms with Gasteiger partial charge in [0.1, 0.15) is 0 Å². The van der Waals surface area contributed by atoms with Crippen molar-refractivity contribution in [3.63, 3.8) is 0 Å². The molecule has 1 spiro atoms. The van der Waals surface area contributed by atoms with Crippen LogP contribution in [-0.2, 0) is 9.59 Å². The Morgan fingerprint density at radius 3 is 2.25 bits per heavy atom. The third-order valence-electron chi connectivity index (χ3n) is 4.43. The van der Waals surface area contributed by atoms with Gasteiger partial charge in [-0.3, -0.25) is 9.59 Å². The fourth-order valence-electron chi connectivity index (χ4n) is 3.45. The second-order valence-electron chi connectivity index (χ2n) is 5.89. The fraction of sp³-hybridized carbons (Fsp3) is 0.467. The molecule has 1 aliphatic heterocycles. The fourth-order valence-corrected chi connectivity index (χ4v) is 3.73. The number of hydrogen-bond acceptors (Lipinski definition) is 3. The minimum atomic E-state index is -0.144. The monoisotopic (exact) mass is 292 g/mol. The normalized spacial score (nSPS) is 21.8. The molecule has 2 N–H and O–H groups in total. The van der Waals surface area contributed by atoms with E-state index < -0.39 is 0 Å². The molecular formula is C15H17ClN2O2. The quantitative estimate of drug-likeness (QED) is 0.639. The molecule has 2 fully saturated rings. The maximum absolute atomic E-state index is 12.4. The average molecular weight is 293 g/mol. The van der Waals surface area contributed by atoms with Crippen LogP contribution in [-0.4, -0.2) is 11.8 Å². The first-order chi connectivity index (χ1) is 9.51. The van der Waals surface area contributed by atoms with Crippen molar-refractivity contribution in [2.75, 3.05) is 10.6 Å². The van der Waals surface area contributed by atoms with Crippen LogP contribution in [0.4, 0.5) is 11.4 Å². The van der Waals surface area contributed by atoms with Crippen LogP contribution < -0.4 is 10.6 Å². The summed E-state index contributed by atoms with van der Waals surface area (Å²) in [5.74, 6) is -0.287. The molecule has 2 amide bonds. The van der Waals surface area contributed by atoms with E-state index in [0.29, 0.717) is 29.2 Å². The summed E-state index contributed by atoms with van der Waals surface area (Å²) < 4.78 is 0. The molecular weight excluding hydrogens is 276 g/mol. The largest absolute Gasteiger partial charge is 0.399 e. The smallest absolute Gasteiger partial charge is 0.234 e. The topological polar surface area (TPSA) is 63.4 Å². The van der Waals surface area contributed by atoms with Crippen molar-refractivity contribution in [1.29, 1.82) is 0 Å². The number of carbonyl (C=O) groups is 2. The number of amides is 2. The van der Waals surface area contributed by atoms with Gasteiger partial charge in [-0.1, -0.05) is 24.4 Å². The van der Waals surface area contributed by atoms with E-state index in [1.807, 2.05) is 0 Å². The second kappa shape index (κ2) is 4.77. The Morgan fingerprint density at radius 1 is 1.10 bits per heavy atom. The second-order valence-corrected chi connectivity index (χ2v) is 6.30. The maximum Gasteiger partial charge on any atom is 0.234 e. The number of benzene rings is 1. The Morgan fingerprint density at radius 2 is 1.70 bits per heavy atom. The Labute approximate surface area is 122 Å². The first-order valence-corrected chi connectivity index (χ1v) is 7.29. The molecule has 1 aromatic rings. The molecule has 1 saturated heterocycles. The SMILES string of the molecule is Nc1ccc(N2C(=O)CC3(CCCC3)CC2=O)c(Cl)c1. The third kappa shape index (κ3) is 2.18. The predicted molar refractivity (Wildman–Crippen MR) is 78.5 cm³/mol. The van der Waals surface area contributed by atoms with Crippen LogP contribution in [0.15, 0.2) is 18.2 Å². The van der Waals surface area contributed by atoms with Gasteiger partial charge < -0.3 is 5.73 Å². The van der Waals surface area contributed by atoms with Crippen molar-refractivity contribution in [2.24, 2.45) is 5.41 Å². The van der Waals surface area contributed by atoms with Gasteiger partial charge in [-0.25, -0.2) is 4.90 Å². The lowest BCUT2D eigenvalue weighted by molar-refractivity contribution is -0.133. The summed E-state index contributed by atoms with van der Waals surface area (Å²) >= 11 is 6.12. The molecule has 0 aromatic heterocycles. The average Bonchev–Trinajstić information content (AvgIpc) is 2.79. The lowest BCUT2D eigenvalue weighted by Gasteiger charge is -2.37. The summed E-state index contributed by atoms with van der Waals surface area (Å²) in [6.07, 6.45) is 5.08. The Hall–Kier alpha value is -1.55. The van der Waals surface area contributed by atoms with Gasteiger partial charge in [0.2, 0.25) is 11.8 Å². The number of piperidine rings is 1. The van der Waals surface area contributed by atoms with Gasteiger partial charge in [0.25, 0.3) is 0 Å². The summed E-state index contributed by atoms with van der Waals surface area (Å²) in [5, 5.41) is 0.342. The Bertz CT molecular complexity index is 559. The van der Waals surface area contributed by atoms with Crippen LogP contribution in [0.1, 0.15) is 38.5 Å². The van der Waals surface area contributed by atoms with E-state index in [0.717, 1.165) is 25.7 Å². The van der Waals surface area contributed by atoms with E-state index >= 15 is 0 Å². The number of nitrogen functional groups attached to an aromatic ring is 1. The molecule has 3 rings (SSSR count). The highest BCUT2D eigenvalue weighted by molar-refractivity contribution is 6.35. The van der Waals surface area contributed by atoms with E-state index in [-0.39, 0.29) is 17.2 Å². The van der Waals surface area contributed by atoms with E-state index in [1.54, 1.807) is 18.2 Å². The van der Waals surface area contributed by atoms with Crippen molar-refractivity contribution in [2.45, 2.75) is 38.5 Å². The third-order valence-corrected chi connectivity index (χ3v) is 4.73. The molecule has 0 unspecified atom stereocenters. The number of imide groups is 1. The number of carbonyl (C=O) groups excluding carboxylic acids is 2. The van der Waals surface area contributed by atoms with Gasteiger partial charge in [-0.05, 0) is 36.5 Å². The van der Waals surface area contributed by atoms with Gasteiger partial charge in [-0.15, -0.1) is 0 Å². The van der Waals surface area contributed by atoms with Gasteiger partial charge in [0.15, 0.2) is 0 Å². The summed E-state index contributed by atoms with van der Waals surface area (Å²) in [4.78, 5) is 26.1. The van der Waals surface area contributed by atoms with Crippen LogP contribution in [0.5, 0.6) is 0 Å². The summed E-state index contributed by atoms with van der Waals surface area (Å²) in [6.45, 7) is 0. The Kier molecular flexibility index (Phi) is 3.21. The highest BCUT2D eigenvalue weighted by Crippen LogP contribution is 2.48. The Balaban J connectivity index is 1.91. The molecule has 0 radical (unpaired) electrons. The number of anilines is 2. The standard InChI is InChI=1S/C15H17ClN2O2/c16-11-7-10(17)3-4-12(11)18-13(19)8-15(9-14(18)20)5-1-2-6-15/h3-4,7H,1-2,5-6,8-9,17H2. The molecule has 5 heteroatoms. The van der Waals surface area contributed by atoms with Crippen LogP contribution in [0.25, 0.3) is 0 Å².